The van der Waals surface area contributed by atoms with Gasteiger partial charge in [0.1, 0.15) is 15.7 Å². The average molecular weight is 725 g/mol. The lowest BCUT2D eigenvalue weighted by Crippen LogP contribution is -2.49. The van der Waals surface area contributed by atoms with E-state index in [9.17, 15) is 13.8 Å². The highest BCUT2D eigenvalue weighted by Gasteiger charge is 2.44. The summed E-state index contributed by atoms with van der Waals surface area (Å²) in [5.41, 5.74) is 3.44. The van der Waals surface area contributed by atoms with Crippen molar-refractivity contribution in [1.29, 1.82) is 0 Å². The molecule has 7 rings (SSSR count). The molecule has 1 unspecified atom stereocenters. The maximum atomic E-state index is 14.5. The number of hydrogen-bond donors (Lipinski definition) is 1. The van der Waals surface area contributed by atoms with Gasteiger partial charge in [0.05, 0.1) is 30.3 Å². The molecule has 3 amide bonds. The van der Waals surface area contributed by atoms with E-state index in [0.29, 0.717) is 55.7 Å². The maximum absolute atomic E-state index is 14.5. The van der Waals surface area contributed by atoms with Crippen LogP contribution in [0.4, 0.5) is 10.5 Å². The first-order valence-electron chi connectivity index (χ1n) is 18.0. The molecule has 10 nitrogen and oxygen atoms in total. The fraction of sp³-hybridized carbons (Fsp3) is 0.579. The van der Waals surface area contributed by atoms with E-state index in [1.54, 1.807) is 25.2 Å². The van der Waals surface area contributed by atoms with E-state index >= 15 is 0 Å². The van der Waals surface area contributed by atoms with Crippen molar-refractivity contribution in [2.75, 3.05) is 57.7 Å². The molecule has 0 radical (unpaired) electrons. The van der Waals surface area contributed by atoms with Gasteiger partial charge in [0.2, 0.25) is 0 Å². The zero-order chi connectivity index (χ0) is 35.0. The molecule has 2 aliphatic carbocycles. The molecule has 2 aromatic rings. The number of nitrogens with zero attached hydrogens (tertiary/aromatic N) is 3. The van der Waals surface area contributed by atoms with Crippen molar-refractivity contribution < 1.29 is 28.0 Å². The lowest BCUT2D eigenvalue weighted by Gasteiger charge is -2.46. The van der Waals surface area contributed by atoms with Gasteiger partial charge in [-0.3, -0.25) is 9.52 Å². The number of halogens is 1. The number of urea groups is 1. The van der Waals surface area contributed by atoms with Crippen LogP contribution in [0.15, 0.2) is 52.9 Å². The maximum Gasteiger partial charge on any atom is 0.329 e. The van der Waals surface area contributed by atoms with Crippen LogP contribution in [0.2, 0.25) is 5.02 Å². The van der Waals surface area contributed by atoms with Crippen molar-refractivity contribution in [3.63, 3.8) is 0 Å². The van der Waals surface area contributed by atoms with Crippen molar-refractivity contribution in [3.05, 3.63) is 70.3 Å². The van der Waals surface area contributed by atoms with E-state index in [-0.39, 0.29) is 29.3 Å². The van der Waals surface area contributed by atoms with E-state index in [1.165, 1.54) is 11.1 Å². The van der Waals surface area contributed by atoms with Gasteiger partial charge in [-0.15, -0.1) is 4.36 Å². The SMILES string of the molecule is CO[C@H]1CCN(C(=O)NS2(=O)=NC(=O)c3ccc4c(c3)N(C[C@@H]3CC[C@H]3[C@@H](OC)/C=C\C[C@H](C)C2)C[C@@]2(CCCc3cc(Cl)ccc32)CO4)C1. The number of fused-ring (bicyclic) bond motifs is 4. The third-order valence-electron chi connectivity index (χ3n) is 11.5. The summed E-state index contributed by atoms with van der Waals surface area (Å²) < 4.78 is 39.6. The standard InChI is InChI=1S/C38H49ClN4O6S/c1-25-6-4-8-34(48-3)31-12-9-28(31)20-43-23-38(16-5-7-26-18-29(39)11-13-32(26)38)24-49-35-14-10-27(19-33(35)43)36(44)40-50(46,22-25)41-37(45)42-17-15-30(21-42)47-2/h4,8,10-11,13-14,18-19,25,28,30-31,34H,5-7,9,12,15-17,20-24H2,1-3H3,(H,40,41,44,45,46)/b8-4-/t25-,28-,30-,31+,34-,38-,50?/m0/s1. The first-order valence-corrected chi connectivity index (χ1v) is 20.0. The summed E-state index contributed by atoms with van der Waals surface area (Å²) in [6.07, 6.45) is 10.6. The van der Waals surface area contributed by atoms with Gasteiger partial charge in [0.25, 0.3) is 5.91 Å². The number of rotatable bonds is 3. The zero-order valence-electron chi connectivity index (χ0n) is 29.3. The van der Waals surface area contributed by atoms with Gasteiger partial charge in [-0.2, -0.15) is 0 Å². The summed E-state index contributed by atoms with van der Waals surface area (Å²) in [6, 6.07) is 11.1. The summed E-state index contributed by atoms with van der Waals surface area (Å²) in [5, 5.41) is 0.744. The van der Waals surface area contributed by atoms with Crippen molar-refractivity contribution in [3.8, 4) is 5.75 Å². The minimum atomic E-state index is -3.48. The van der Waals surface area contributed by atoms with Gasteiger partial charge in [-0.1, -0.05) is 36.7 Å². The zero-order valence-corrected chi connectivity index (χ0v) is 30.8. The van der Waals surface area contributed by atoms with Gasteiger partial charge in [-0.25, -0.2) is 9.00 Å². The molecular formula is C38H49ClN4O6S. The Morgan fingerprint density at radius 2 is 1.98 bits per heavy atom. The Labute approximate surface area is 301 Å². The van der Waals surface area contributed by atoms with E-state index in [4.69, 9.17) is 25.8 Å². The summed E-state index contributed by atoms with van der Waals surface area (Å²) in [5.74, 6) is 0.744. The van der Waals surface area contributed by atoms with Gasteiger partial charge >= 0.3 is 6.03 Å². The Kier molecular flexibility index (Phi) is 10.2. The Hall–Kier alpha value is -3.12. The van der Waals surface area contributed by atoms with Crippen molar-refractivity contribution >= 4 is 39.1 Å². The molecule has 1 spiro atoms. The van der Waals surface area contributed by atoms with Crippen LogP contribution in [0.5, 0.6) is 5.75 Å². The normalized spacial score (nSPS) is 33.3. The molecule has 2 aromatic carbocycles. The number of amides is 3. The van der Waals surface area contributed by atoms with E-state index in [0.717, 1.165) is 55.9 Å². The predicted molar refractivity (Wildman–Crippen MR) is 195 cm³/mol. The van der Waals surface area contributed by atoms with Gasteiger partial charge < -0.3 is 24.0 Å². The summed E-state index contributed by atoms with van der Waals surface area (Å²) in [6.45, 7) is 4.86. The van der Waals surface area contributed by atoms with Crippen molar-refractivity contribution in [2.24, 2.45) is 22.1 Å². The Bertz CT molecular complexity index is 1780. The highest BCUT2D eigenvalue weighted by atomic mass is 35.5. The molecule has 0 aromatic heterocycles. The van der Waals surface area contributed by atoms with Crippen LogP contribution in [-0.4, -0.2) is 86.0 Å². The minimum Gasteiger partial charge on any atom is -0.490 e. The number of nitrogens with one attached hydrogen (secondary N) is 1. The van der Waals surface area contributed by atoms with Gasteiger partial charge in [0.15, 0.2) is 0 Å². The number of allylic oxidation sites excluding steroid dienone is 1. The van der Waals surface area contributed by atoms with Crippen LogP contribution >= 0.6 is 11.6 Å². The molecule has 5 aliphatic rings. The number of anilines is 1. The van der Waals surface area contributed by atoms with E-state index in [1.807, 2.05) is 25.1 Å². The topological polar surface area (TPSA) is 110 Å². The summed E-state index contributed by atoms with van der Waals surface area (Å²) >= 11 is 6.46. The van der Waals surface area contributed by atoms with Crippen molar-refractivity contribution in [1.82, 2.24) is 9.62 Å². The van der Waals surface area contributed by atoms with Crippen LogP contribution < -0.4 is 14.4 Å². The molecule has 7 atom stereocenters. The third-order valence-corrected chi connectivity index (χ3v) is 13.7. The first-order chi connectivity index (χ1) is 24.1. The Morgan fingerprint density at radius 1 is 1.12 bits per heavy atom. The number of carbonyl (C=O) groups is 2. The highest BCUT2D eigenvalue weighted by Crippen LogP contribution is 2.47. The third kappa shape index (κ3) is 7.16. The van der Waals surface area contributed by atoms with Crippen LogP contribution in [0, 0.1) is 17.8 Å². The number of carbonyl (C=O) groups excluding carboxylic acids is 2. The fourth-order valence-electron chi connectivity index (χ4n) is 8.67. The molecule has 1 N–H and O–H groups in total. The molecule has 1 saturated heterocycles. The second-order valence-corrected chi connectivity index (χ2v) is 17.4. The number of aryl methyl sites for hydroxylation is 1. The molecule has 2 bridgehead atoms. The van der Waals surface area contributed by atoms with Crippen LogP contribution in [0.3, 0.4) is 0 Å². The number of likely N-dealkylation sites (tertiary alicyclic amines) is 1. The summed E-state index contributed by atoms with van der Waals surface area (Å²) in [7, 11) is -0.0932. The Balaban J connectivity index is 1.28. The van der Waals surface area contributed by atoms with Crippen molar-refractivity contribution in [2.45, 2.75) is 69.5 Å². The molecule has 270 valence electrons. The smallest absolute Gasteiger partial charge is 0.329 e. The molecular weight excluding hydrogens is 676 g/mol. The fourth-order valence-corrected chi connectivity index (χ4v) is 10.8. The number of ether oxygens (including phenoxy) is 3. The number of benzene rings is 2. The largest absolute Gasteiger partial charge is 0.490 e. The molecule has 12 heteroatoms. The quantitative estimate of drug-likeness (QED) is 0.365. The molecule has 3 aliphatic heterocycles. The Morgan fingerprint density at radius 3 is 2.74 bits per heavy atom. The lowest BCUT2D eigenvalue weighted by atomic mass is 9.68. The predicted octanol–water partition coefficient (Wildman–Crippen LogP) is 6.40. The summed E-state index contributed by atoms with van der Waals surface area (Å²) in [4.78, 5) is 31.3. The second-order valence-electron chi connectivity index (χ2n) is 15.0. The van der Waals surface area contributed by atoms with Gasteiger partial charge in [0, 0.05) is 56.4 Å². The molecule has 2 fully saturated rings. The highest BCUT2D eigenvalue weighted by molar-refractivity contribution is 7.92. The number of methoxy groups -OCH3 is 2. The second kappa shape index (κ2) is 14.5. The van der Waals surface area contributed by atoms with Crippen LogP contribution in [-0.2, 0) is 31.2 Å². The lowest BCUT2D eigenvalue weighted by molar-refractivity contribution is 0.0131. The number of hydrogen-bond acceptors (Lipinski definition) is 7. The first kappa shape index (κ1) is 35.3. The van der Waals surface area contributed by atoms with E-state index in [2.05, 4.69) is 38.3 Å². The average Bonchev–Trinajstić information content (AvgIpc) is 3.52. The van der Waals surface area contributed by atoms with Crippen LogP contribution in [0.1, 0.15) is 66.9 Å². The monoisotopic (exact) mass is 724 g/mol. The van der Waals surface area contributed by atoms with Crippen LogP contribution in [0.25, 0.3) is 0 Å². The molecule has 1 saturated carbocycles. The van der Waals surface area contributed by atoms with E-state index < -0.39 is 21.9 Å². The molecule has 3 heterocycles. The van der Waals surface area contributed by atoms with Gasteiger partial charge in [-0.05, 0) is 104 Å². The molecule has 50 heavy (non-hydrogen) atoms. The minimum absolute atomic E-state index is 0.0339.